The molecule has 106 valence electrons. The van der Waals surface area contributed by atoms with E-state index in [1.54, 1.807) is 6.07 Å². The smallest absolute Gasteiger partial charge is 0.239 e. The average molecular weight is 356 g/mol. The summed E-state index contributed by atoms with van der Waals surface area (Å²) in [6.07, 6.45) is 1.27. The van der Waals surface area contributed by atoms with Crippen LogP contribution in [0.2, 0.25) is 0 Å². The van der Waals surface area contributed by atoms with Crippen LogP contribution in [0.5, 0.6) is 0 Å². The summed E-state index contributed by atoms with van der Waals surface area (Å²) in [6.45, 7) is 0.676. The number of nitrogens with zero attached hydrogens (tertiary/aromatic N) is 2. The topological polar surface area (TPSA) is 76.3 Å². The van der Waals surface area contributed by atoms with E-state index in [9.17, 15) is 8.42 Å². The van der Waals surface area contributed by atoms with Gasteiger partial charge in [-0.2, -0.15) is 0 Å². The summed E-state index contributed by atoms with van der Waals surface area (Å²) < 4.78 is 23.3. The summed E-state index contributed by atoms with van der Waals surface area (Å²) in [5.41, 5.74) is 1.13. The predicted molar refractivity (Wildman–Crippen MR) is 81.9 cm³/mol. The van der Waals surface area contributed by atoms with Crippen LogP contribution >= 0.6 is 15.9 Å². The van der Waals surface area contributed by atoms with Gasteiger partial charge in [0.25, 0.3) is 0 Å². The van der Waals surface area contributed by atoms with E-state index in [4.69, 9.17) is 5.14 Å². The first-order valence-corrected chi connectivity index (χ1v) is 8.14. The Balaban J connectivity index is 2.13. The Morgan fingerprint density at radius 2 is 1.85 bits per heavy atom. The molecular weight excluding hydrogens is 342 g/mol. The summed E-state index contributed by atoms with van der Waals surface area (Å²) in [5, 5.41) is 5.03. The largest absolute Gasteiger partial charge is 0.355 e. The minimum Gasteiger partial charge on any atom is -0.355 e. The second-order valence-corrected chi connectivity index (χ2v) is 6.86. The summed E-state index contributed by atoms with van der Waals surface area (Å²) in [4.78, 5) is 6.06. The van der Waals surface area contributed by atoms with Crippen molar-refractivity contribution in [1.29, 1.82) is 0 Å². The normalized spacial score (nSPS) is 11.3. The number of aromatic nitrogens is 1. The molecule has 1 heterocycles. The lowest BCUT2D eigenvalue weighted by Gasteiger charge is -2.18. The van der Waals surface area contributed by atoms with Crippen molar-refractivity contribution in [3.63, 3.8) is 0 Å². The molecule has 0 saturated carbocycles. The van der Waals surface area contributed by atoms with E-state index in [1.165, 1.54) is 12.3 Å². The lowest BCUT2D eigenvalue weighted by Crippen LogP contribution is -2.18. The molecule has 1 aromatic heterocycles. The molecule has 0 amide bonds. The molecule has 0 bridgehead atoms. The number of rotatable bonds is 4. The highest BCUT2D eigenvalue weighted by Gasteiger charge is 2.09. The Hall–Kier alpha value is -1.44. The highest BCUT2D eigenvalue weighted by Crippen LogP contribution is 2.16. The van der Waals surface area contributed by atoms with E-state index < -0.39 is 10.0 Å². The maximum Gasteiger partial charge on any atom is 0.239 e. The minimum atomic E-state index is -3.70. The lowest BCUT2D eigenvalue weighted by molar-refractivity contribution is 0.597. The summed E-state index contributed by atoms with van der Waals surface area (Å²) >= 11 is 3.39. The molecular formula is C13H14BrN3O2S. The van der Waals surface area contributed by atoms with E-state index in [0.29, 0.717) is 12.4 Å². The third-order valence-electron chi connectivity index (χ3n) is 2.77. The van der Waals surface area contributed by atoms with E-state index in [1.807, 2.05) is 36.2 Å². The Morgan fingerprint density at radius 1 is 1.20 bits per heavy atom. The molecule has 0 unspecified atom stereocenters. The number of sulfonamides is 1. The van der Waals surface area contributed by atoms with Gasteiger partial charge in [0.1, 0.15) is 10.7 Å². The first kappa shape index (κ1) is 15.0. The van der Waals surface area contributed by atoms with Crippen molar-refractivity contribution in [1.82, 2.24) is 4.98 Å². The molecule has 20 heavy (non-hydrogen) atoms. The molecule has 2 rings (SSSR count). The van der Waals surface area contributed by atoms with Gasteiger partial charge in [-0.25, -0.2) is 18.5 Å². The van der Waals surface area contributed by atoms with Gasteiger partial charge in [-0.15, -0.1) is 0 Å². The Morgan fingerprint density at radius 3 is 2.35 bits per heavy atom. The second-order valence-electron chi connectivity index (χ2n) is 4.38. The monoisotopic (exact) mass is 355 g/mol. The zero-order valence-electron chi connectivity index (χ0n) is 10.8. The molecule has 5 nitrogen and oxygen atoms in total. The summed E-state index contributed by atoms with van der Waals surface area (Å²) in [6, 6.07) is 11.1. The molecule has 0 aliphatic rings. The van der Waals surface area contributed by atoms with Crippen molar-refractivity contribution in [2.75, 3.05) is 11.9 Å². The molecule has 0 spiro atoms. The van der Waals surface area contributed by atoms with E-state index in [-0.39, 0.29) is 4.90 Å². The first-order chi connectivity index (χ1) is 9.36. The molecule has 7 heteroatoms. The van der Waals surface area contributed by atoms with Crippen molar-refractivity contribution >= 4 is 31.8 Å². The average Bonchev–Trinajstić information content (AvgIpc) is 2.40. The third-order valence-corrected chi connectivity index (χ3v) is 4.20. The van der Waals surface area contributed by atoms with Gasteiger partial charge < -0.3 is 4.90 Å². The van der Waals surface area contributed by atoms with Crippen molar-refractivity contribution in [2.45, 2.75) is 11.4 Å². The van der Waals surface area contributed by atoms with Gasteiger partial charge in [0, 0.05) is 24.3 Å². The number of benzene rings is 1. The fourth-order valence-corrected chi connectivity index (χ4v) is 2.43. The Kier molecular flexibility index (Phi) is 4.42. The number of hydrogen-bond acceptors (Lipinski definition) is 4. The number of anilines is 1. The van der Waals surface area contributed by atoms with Crippen LogP contribution in [0.4, 0.5) is 5.82 Å². The SMILES string of the molecule is CN(Cc1ccc(Br)cc1)c1ccc(S(N)(=O)=O)cn1. The van der Waals surface area contributed by atoms with Crippen LogP contribution in [0.1, 0.15) is 5.56 Å². The highest BCUT2D eigenvalue weighted by atomic mass is 79.9. The third kappa shape index (κ3) is 3.78. The quantitative estimate of drug-likeness (QED) is 0.911. The van der Waals surface area contributed by atoms with Crippen LogP contribution in [0.25, 0.3) is 0 Å². The van der Waals surface area contributed by atoms with Gasteiger partial charge in [-0.1, -0.05) is 28.1 Å². The maximum atomic E-state index is 11.2. The molecule has 0 saturated heterocycles. The molecule has 0 fully saturated rings. The fourth-order valence-electron chi connectivity index (χ4n) is 1.71. The molecule has 0 aliphatic carbocycles. The van der Waals surface area contributed by atoms with Gasteiger partial charge >= 0.3 is 0 Å². The number of primary sulfonamides is 1. The molecule has 2 N–H and O–H groups in total. The van der Waals surface area contributed by atoms with Gasteiger partial charge in [0.15, 0.2) is 0 Å². The van der Waals surface area contributed by atoms with Crippen LogP contribution < -0.4 is 10.0 Å². The molecule has 0 radical (unpaired) electrons. The molecule has 1 aromatic carbocycles. The highest BCUT2D eigenvalue weighted by molar-refractivity contribution is 9.10. The van der Waals surface area contributed by atoms with E-state index >= 15 is 0 Å². The van der Waals surface area contributed by atoms with E-state index in [2.05, 4.69) is 20.9 Å². The van der Waals surface area contributed by atoms with Crippen LogP contribution in [-0.2, 0) is 16.6 Å². The number of halogens is 1. The Bertz CT molecular complexity index is 685. The first-order valence-electron chi connectivity index (χ1n) is 5.81. The van der Waals surface area contributed by atoms with Gasteiger partial charge in [0.2, 0.25) is 10.0 Å². The zero-order chi connectivity index (χ0) is 14.8. The number of hydrogen-bond donors (Lipinski definition) is 1. The van der Waals surface area contributed by atoms with Crippen LogP contribution in [0.15, 0.2) is 52.0 Å². The summed E-state index contributed by atoms with van der Waals surface area (Å²) in [7, 11) is -1.81. The van der Waals surface area contributed by atoms with Crippen molar-refractivity contribution in [3.05, 3.63) is 52.6 Å². The molecule has 0 aliphatic heterocycles. The van der Waals surface area contributed by atoms with Crippen molar-refractivity contribution in [3.8, 4) is 0 Å². The zero-order valence-corrected chi connectivity index (χ0v) is 13.2. The minimum absolute atomic E-state index is 0.0123. The lowest BCUT2D eigenvalue weighted by atomic mass is 10.2. The van der Waals surface area contributed by atoms with Crippen LogP contribution in [-0.4, -0.2) is 20.4 Å². The van der Waals surface area contributed by atoms with Crippen LogP contribution in [0.3, 0.4) is 0 Å². The maximum absolute atomic E-state index is 11.2. The van der Waals surface area contributed by atoms with Gasteiger partial charge in [-0.3, -0.25) is 0 Å². The van der Waals surface area contributed by atoms with Gasteiger partial charge in [0.05, 0.1) is 0 Å². The second kappa shape index (κ2) is 5.90. The number of pyridine rings is 1. The predicted octanol–water partition coefficient (Wildman–Crippen LogP) is 2.13. The van der Waals surface area contributed by atoms with Crippen molar-refractivity contribution in [2.24, 2.45) is 5.14 Å². The van der Waals surface area contributed by atoms with Gasteiger partial charge in [-0.05, 0) is 29.8 Å². The molecule has 2 aromatic rings. The number of nitrogens with two attached hydrogens (primary N) is 1. The Labute approximate surface area is 126 Å². The summed E-state index contributed by atoms with van der Waals surface area (Å²) in [5.74, 6) is 0.681. The molecule has 0 atom stereocenters. The van der Waals surface area contributed by atoms with Crippen LogP contribution in [0, 0.1) is 0 Å². The van der Waals surface area contributed by atoms with E-state index in [0.717, 1.165) is 10.0 Å². The standard InChI is InChI=1S/C13H14BrN3O2S/c1-17(9-10-2-4-11(14)5-3-10)13-7-6-12(8-16-13)20(15,18)19/h2-8H,9H2,1H3,(H2,15,18,19). The fraction of sp³-hybridized carbons (Fsp3) is 0.154. The van der Waals surface area contributed by atoms with Crippen molar-refractivity contribution < 1.29 is 8.42 Å².